The summed E-state index contributed by atoms with van der Waals surface area (Å²) < 4.78 is 0. The summed E-state index contributed by atoms with van der Waals surface area (Å²) in [7, 11) is 0. The van der Waals surface area contributed by atoms with Gasteiger partial charge in [-0.05, 0) is 0 Å². The van der Waals surface area contributed by atoms with Gasteiger partial charge in [0.2, 0.25) is 5.91 Å². The lowest BCUT2D eigenvalue weighted by Crippen LogP contribution is -2.59. The molecule has 0 bridgehead atoms. The third kappa shape index (κ3) is 5.63. The Hall–Kier alpha value is -1.14. The largest absolute Gasteiger partial charge is 0.394 e. The third-order valence-corrected chi connectivity index (χ3v) is 2.78. The van der Waals surface area contributed by atoms with Crippen molar-refractivity contribution < 1.29 is 45.3 Å². The fourth-order valence-corrected chi connectivity index (χ4v) is 1.55. The molecule has 10 nitrogen and oxygen atoms in total. The summed E-state index contributed by atoms with van der Waals surface area (Å²) in [5.41, 5.74) is 0. The zero-order valence-corrected chi connectivity index (χ0v) is 11.3. The normalized spacial score (nSPS) is 20.0. The van der Waals surface area contributed by atoms with Crippen LogP contribution in [-0.2, 0) is 9.59 Å². The molecular formula is C11H21NO9. The smallest absolute Gasteiger partial charge is 0.217 e. The van der Waals surface area contributed by atoms with E-state index in [1.165, 1.54) is 0 Å². The van der Waals surface area contributed by atoms with E-state index in [9.17, 15) is 35.1 Å². The first kappa shape index (κ1) is 19.9. The monoisotopic (exact) mass is 311 g/mol. The Morgan fingerprint density at radius 3 is 1.76 bits per heavy atom. The molecule has 21 heavy (non-hydrogen) atoms. The van der Waals surface area contributed by atoms with Gasteiger partial charge in [0, 0.05) is 6.92 Å². The Balaban J connectivity index is 5.18. The highest BCUT2D eigenvalue weighted by molar-refractivity contribution is 5.92. The van der Waals surface area contributed by atoms with Crippen LogP contribution >= 0.6 is 0 Å². The minimum atomic E-state index is -2.13. The van der Waals surface area contributed by atoms with Crippen molar-refractivity contribution in [3.63, 3.8) is 0 Å². The minimum absolute atomic E-state index is 0.788. The van der Waals surface area contributed by atoms with E-state index in [1.54, 1.807) is 0 Å². The molecule has 0 aliphatic heterocycles. The van der Waals surface area contributed by atoms with E-state index in [0.29, 0.717) is 0 Å². The number of Topliss-reactive ketones (excluding diaryl/α,β-unsaturated/α-hetero) is 1. The molecule has 0 aromatic heterocycles. The van der Waals surface area contributed by atoms with Crippen molar-refractivity contribution in [3.05, 3.63) is 0 Å². The van der Waals surface area contributed by atoms with Gasteiger partial charge in [0.25, 0.3) is 0 Å². The van der Waals surface area contributed by atoms with Crippen LogP contribution in [0.3, 0.4) is 0 Å². The van der Waals surface area contributed by atoms with E-state index >= 15 is 0 Å². The predicted molar refractivity (Wildman–Crippen MR) is 66.8 cm³/mol. The Bertz CT molecular complexity index is 351. The lowest BCUT2D eigenvalue weighted by atomic mass is 9.93. The average molecular weight is 311 g/mol. The lowest BCUT2D eigenvalue weighted by molar-refractivity contribution is -0.148. The summed E-state index contributed by atoms with van der Waals surface area (Å²) in [5.74, 6) is -2.06. The molecule has 1 amide bonds. The fraction of sp³-hybridized carbons (Fsp3) is 0.818. The maximum atomic E-state index is 11.9. The van der Waals surface area contributed by atoms with E-state index in [0.717, 1.165) is 6.92 Å². The van der Waals surface area contributed by atoms with Crippen LogP contribution in [0.15, 0.2) is 0 Å². The molecule has 0 aliphatic rings. The molecule has 0 aromatic carbocycles. The molecule has 10 heteroatoms. The molecule has 0 heterocycles. The lowest BCUT2D eigenvalue weighted by Gasteiger charge is -2.30. The number of ketones is 1. The molecule has 0 aliphatic carbocycles. The van der Waals surface area contributed by atoms with Crippen molar-refractivity contribution in [2.75, 3.05) is 13.2 Å². The first-order valence-corrected chi connectivity index (χ1v) is 6.10. The van der Waals surface area contributed by atoms with Crippen molar-refractivity contribution >= 4 is 11.7 Å². The molecule has 0 rings (SSSR count). The van der Waals surface area contributed by atoms with Crippen molar-refractivity contribution in [2.45, 2.75) is 43.5 Å². The van der Waals surface area contributed by atoms with E-state index in [-0.39, 0.29) is 0 Å². The second kappa shape index (κ2) is 9.00. The summed E-state index contributed by atoms with van der Waals surface area (Å²) in [6, 6.07) is -1.85. The third-order valence-electron chi connectivity index (χ3n) is 2.78. The Kier molecular flexibility index (Phi) is 8.51. The second-order valence-corrected chi connectivity index (χ2v) is 4.51. The van der Waals surface area contributed by atoms with Gasteiger partial charge in [0.05, 0.1) is 13.2 Å². The molecule has 0 fully saturated rings. The van der Waals surface area contributed by atoms with Gasteiger partial charge >= 0.3 is 0 Å². The van der Waals surface area contributed by atoms with Crippen molar-refractivity contribution in [1.29, 1.82) is 0 Å². The van der Waals surface area contributed by atoms with Crippen molar-refractivity contribution in [2.24, 2.45) is 0 Å². The highest BCUT2D eigenvalue weighted by Gasteiger charge is 2.40. The quantitative estimate of drug-likeness (QED) is 0.206. The number of hydrogen-bond acceptors (Lipinski definition) is 9. The molecule has 0 spiro atoms. The van der Waals surface area contributed by atoms with Crippen LogP contribution in [0.4, 0.5) is 0 Å². The summed E-state index contributed by atoms with van der Waals surface area (Å²) in [4.78, 5) is 22.9. The summed E-state index contributed by atoms with van der Waals surface area (Å²) >= 11 is 0. The summed E-state index contributed by atoms with van der Waals surface area (Å²) in [5, 5.41) is 66.5. The van der Waals surface area contributed by atoms with Crippen LogP contribution in [0.25, 0.3) is 0 Å². The zero-order valence-electron chi connectivity index (χ0n) is 11.3. The molecule has 124 valence electrons. The minimum Gasteiger partial charge on any atom is -0.394 e. The first-order valence-electron chi connectivity index (χ1n) is 6.10. The first-order chi connectivity index (χ1) is 9.67. The van der Waals surface area contributed by atoms with E-state index in [1.807, 2.05) is 5.32 Å². The average Bonchev–Trinajstić information content (AvgIpc) is 2.47. The molecule has 6 unspecified atom stereocenters. The number of hydrogen-bond donors (Lipinski definition) is 8. The van der Waals surface area contributed by atoms with Crippen LogP contribution < -0.4 is 5.32 Å². The van der Waals surface area contributed by atoms with E-state index in [4.69, 9.17) is 10.2 Å². The number of nitrogens with one attached hydrogen (secondary N) is 1. The molecule has 8 N–H and O–H groups in total. The Morgan fingerprint density at radius 1 is 0.905 bits per heavy atom. The topological polar surface area (TPSA) is 188 Å². The highest BCUT2D eigenvalue weighted by atomic mass is 16.4. The zero-order chi connectivity index (χ0) is 16.7. The van der Waals surface area contributed by atoms with Gasteiger partial charge in [-0.3, -0.25) is 9.59 Å². The fourth-order valence-electron chi connectivity index (χ4n) is 1.55. The van der Waals surface area contributed by atoms with Crippen LogP contribution in [0.1, 0.15) is 6.92 Å². The van der Waals surface area contributed by atoms with Gasteiger partial charge in [-0.25, -0.2) is 0 Å². The molecule has 6 atom stereocenters. The predicted octanol–water partition coefficient (Wildman–Crippen LogP) is -5.15. The van der Waals surface area contributed by atoms with Crippen molar-refractivity contribution in [3.8, 4) is 0 Å². The Labute approximate surface area is 120 Å². The van der Waals surface area contributed by atoms with Crippen LogP contribution in [0.2, 0.25) is 0 Å². The van der Waals surface area contributed by atoms with Crippen molar-refractivity contribution in [1.82, 2.24) is 5.32 Å². The highest BCUT2D eigenvalue weighted by Crippen LogP contribution is 2.10. The number of amides is 1. The van der Waals surface area contributed by atoms with Gasteiger partial charge in [0.15, 0.2) is 5.78 Å². The SMILES string of the molecule is CC(=O)NC(C(=O)C(O)C(O)CO)C(O)C(O)C(O)CO. The molecule has 0 radical (unpaired) electrons. The van der Waals surface area contributed by atoms with E-state index < -0.39 is 61.5 Å². The number of rotatable bonds is 9. The van der Waals surface area contributed by atoms with Gasteiger partial charge in [-0.1, -0.05) is 0 Å². The van der Waals surface area contributed by atoms with Crippen LogP contribution in [0, 0.1) is 0 Å². The van der Waals surface area contributed by atoms with Gasteiger partial charge in [0.1, 0.15) is 36.6 Å². The number of carbonyl (C=O) groups is 2. The molecule has 0 saturated heterocycles. The van der Waals surface area contributed by atoms with Crippen LogP contribution in [0.5, 0.6) is 0 Å². The maximum absolute atomic E-state index is 11.9. The molecule has 0 saturated carbocycles. The second-order valence-electron chi connectivity index (χ2n) is 4.51. The van der Waals surface area contributed by atoms with Crippen LogP contribution in [-0.4, -0.2) is 97.2 Å². The van der Waals surface area contributed by atoms with E-state index in [2.05, 4.69) is 0 Å². The molecule has 0 aromatic rings. The maximum Gasteiger partial charge on any atom is 0.217 e. The number of aliphatic hydroxyl groups is 7. The van der Waals surface area contributed by atoms with Gasteiger partial charge in [-0.2, -0.15) is 0 Å². The Morgan fingerprint density at radius 2 is 1.38 bits per heavy atom. The van der Waals surface area contributed by atoms with Gasteiger partial charge < -0.3 is 41.1 Å². The summed E-state index contributed by atoms with van der Waals surface area (Å²) in [6.07, 6.45) is -9.80. The van der Waals surface area contributed by atoms with Gasteiger partial charge in [-0.15, -0.1) is 0 Å². The molecular weight excluding hydrogens is 290 g/mol. The summed E-state index contributed by atoms with van der Waals surface area (Å²) in [6.45, 7) is -0.866. The number of carbonyl (C=O) groups excluding carboxylic acids is 2. The standard InChI is InChI=1S/C11H21NO9/c1-4(15)12-7(10(20)8(18)5(16)2-13)11(21)9(19)6(17)3-14/h5-10,13-14,16-20H,2-3H2,1H3,(H,12,15). The number of aliphatic hydroxyl groups excluding tert-OH is 7.